The first-order valence-electron chi connectivity index (χ1n) is 5.90. The Labute approximate surface area is 122 Å². The topological polar surface area (TPSA) is 95.7 Å². The molecule has 0 unspecified atom stereocenters. The highest BCUT2D eigenvalue weighted by atomic mass is 32.2. The van der Waals surface area contributed by atoms with Crippen LogP contribution in [0.25, 0.3) is 0 Å². The third-order valence-corrected chi connectivity index (χ3v) is 3.57. The molecule has 7 heteroatoms. The van der Waals surface area contributed by atoms with E-state index < -0.39 is 16.0 Å². The largest absolute Gasteiger partial charge is 0.465 e. The van der Waals surface area contributed by atoms with E-state index in [9.17, 15) is 13.2 Å². The molecule has 0 aliphatic heterocycles. The van der Waals surface area contributed by atoms with Gasteiger partial charge in [0.2, 0.25) is 10.0 Å². The van der Waals surface area contributed by atoms with Crippen LogP contribution in [0.15, 0.2) is 53.4 Å². The number of para-hydroxylation sites is 1. The van der Waals surface area contributed by atoms with Gasteiger partial charge in [-0.3, -0.25) is 0 Å². The van der Waals surface area contributed by atoms with Crippen molar-refractivity contribution in [2.45, 2.75) is 4.90 Å². The van der Waals surface area contributed by atoms with E-state index in [1.54, 1.807) is 30.3 Å². The maximum atomic E-state index is 11.7. The third-order valence-electron chi connectivity index (χ3n) is 2.64. The van der Waals surface area contributed by atoms with Gasteiger partial charge in [0, 0.05) is 0 Å². The molecule has 0 atom stereocenters. The van der Waals surface area contributed by atoms with Crippen LogP contribution in [-0.4, -0.2) is 21.5 Å². The molecule has 21 heavy (non-hydrogen) atoms. The first-order valence-corrected chi connectivity index (χ1v) is 7.44. The van der Waals surface area contributed by atoms with Crippen LogP contribution in [0.5, 0.6) is 11.5 Å². The molecule has 0 saturated carbocycles. The predicted molar refractivity (Wildman–Crippen MR) is 75.7 cm³/mol. The summed E-state index contributed by atoms with van der Waals surface area (Å²) in [6.07, 6.45) is 0. The van der Waals surface area contributed by atoms with Crippen molar-refractivity contribution >= 4 is 16.0 Å². The molecule has 0 aromatic heterocycles. The second-order valence-electron chi connectivity index (χ2n) is 4.11. The summed E-state index contributed by atoms with van der Waals surface area (Å²) in [6, 6.07) is 12.5. The van der Waals surface area contributed by atoms with Gasteiger partial charge in [0.1, 0.15) is 16.4 Å². The number of hydrogen-bond acceptors (Lipinski definition) is 5. The summed E-state index contributed by atoms with van der Waals surface area (Å²) in [5, 5.41) is 5.16. The fourth-order valence-electron chi connectivity index (χ4n) is 1.68. The maximum Gasteiger partial charge on any atom is 0.337 e. The van der Waals surface area contributed by atoms with Crippen molar-refractivity contribution < 1.29 is 22.7 Å². The minimum Gasteiger partial charge on any atom is -0.465 e. The van der Waals surface area contributed by atoms with Gasteiger partial charge in [-0.25, -0.2) is 18.4 Å². The molecule has 2 N–H and O–H groups in total. The van der Waals surface area contributed by atoms with Crippen molar-refractivity contribution in [3.63, 3.8) is 0 Å². The molecule has 110 valence electrons. The number of ether oxygens (including phenoxy) is 2. The lowest BCUT2D eigenvalue weighted by Gasteiger charge is -2.11. The molecule has 0 heterocycles. The van der Waals surface area contributed by atoms with Crippen molar-refractivity contribution in [1.29, 1.82) is 0 Å². The van der Waals surface area contributed by atoms with E-state index in [1.807, 2.05) is 0 Å². The van der Waals surface area contributed by atoms with Crippen molar-refractivity contribution in [2.75, 3.05) is 7.11 Å². The third kappa shape index (κ3) is 3.59. The number of carbonyl (C=O) groups is 1. The summed E-state index contributed by atoms with van der Waals surface area (Å²) < 4.78 is 33.3. The van der Waals surface area contributed by atoms with Crippen LogP contribution in [0.2, 0.25) is 0 Å². The summed E-state index contributed by atoms with van der Waals surface area (Å²) in [6.45, 7) is 0. The Morgan fingerprint density at radius 1 is 1.10 bits per heavy atom. The highest BCUT2D eigenvalue weighted by Gasteiger charge is 2.19. The van der Waals surface area contributed by atoms with Crippen molar-refractivity contribution in [2.24, 2.45) is 5.14 Å². The van der Waals surface area contributed by atoms with Crippen LogP contribution in [0.1, 0.15) is 10.4 Å². The predicted octanol–water partition coefficient (Wildman–Crippen LogP) is 1.91. The monoisotopic (exact) mass is 307 g/mol. The van der Waals surface area contributed by atoms with E-state index in [4.69, 9.17) is 9.88 Å². The Bertz CT molecular complexity index is 756. The SMILES string of the molecule is COC(=O)c1ccc(Oc2ccccc2)c(S(N)(=O)=O)c1. The molecule has 0 fully saturated rings. The first-order chi connectivity index (χ1) is 9.91. The van der Waals surface area contributed by atoms with E-state index in [0.717, 1.165) is 6.07 Å². The quantitative estimate of drug-likeness (QED) is 0.870. The second kappa shape index (κ2) is 5.94. The Hall–Kier alpha value is -2.38. The molecule has 2 aromatic carbocycles. The lowest BCUT2D eigenvalue weighted by Crippen LogP contribution is -2.14. The average molecular weight is 307 g/mol. The number of esters is 1. The Morgan fingerprint density at radius 3 is 2.33 bits per heavy atom. The van der Waals surface area contributed by atoms with E-state index >= 15 is 0 Å². The molecule has 0 saturated heterocycles. The molecule has 2 aromatic rings. The number of hydrogen-bond donors (Lipinski definition) is 1. The second-order valence-corrected chi connectivity index (χ2v) is 5.64. The van der Waals surface area contributed by atoms with Gasteiger partial charge in [-0.05, 0) is 30.3 Å². The zero-order valence-electron chi connectivity index (χ0n) is 11.1. The van der Waals surface area contributed by atoms with E-state index in [0.29, 0.717) is 5.75 Å². The molecule has 0 radical (unpaired) electrons. The lowest BCUT2D eigenvalue weighted by molar-refractivity contribution is 0.0600. The minimum absolute atomic E-state index is 0.0383. The number of carbonyl (C=O) groups excluding carboxylic acids is 1. The molecule has 0 aliphatic rings. The summed E-state index contributed by atoms with van der Waals surface area (Å²) in [4.78, 5) is 11.2. The van der Waals surface area contributed by atoms with Crippen molar-refractivity contribution in [3.8, 4) is 11.5 Å². The standard InChI is InChI=1S/C14H13NO5S/c1-19-14(16)10-7-8-12(13(9-10)21(15,17)18)20-11-5-3-2-4-6-11/h2-9H,1H3,(H2,15,17,18). The number of benzene rings is 2. The number of primary sulfonamides is 1. The maximum absolute atomic E-state index is 11.7. The van der Waals surface area contributed by atoms with E-state index in [1.165, 1.54) is 19.2 Å². The van der Waals surface area contributed by atoms with Crippen LogP contribution >= 0.6 is 0 Å². The summed E-state index contributed by atoms with van der Waals surface area (Å²) in [5.74, 6) is -0.171. The summed E-state index contributed by atoms with van der Waals surface area (Å²) >= 11 is 0. The summed E-state index contributed by atoms with van der Waals surface area (Å²) in [5.41, 5.74) is 0.0712. The highest BCUT2D eigenvalue weighted by molar-refractivity contribution is 7.89. The fraction of sp³-hybridized carbons (Fsp3) is 0.0714. The molecule has 0 spiro atoms. The summed E-state index contributed by atoms with van der Waals surface area (Å²) in [7, 11) is -2.85. The van der Waals surface area contributed by atoms with Crippen LogP contribution in [0.3, 0.4) is 0 Å². The molecule has 0 aliphatic carbocycles. The van der Waals surface area contributed by atoms with Crippen LogP contribution in [0, 0.1) is 0 Å². The number of rotatable bonds is 4. The molecule has 6 nitrogen and oxygen atoms in total. The van der Waals surface area contributed by atoms with Gasteiger partial charge in [-0.15, -0.1) is 0 Å². The Balaban J connectivity index is 2.48. The van der Waals surface area contributed by atoms with Gasteiger partial charge in [0.25, 0.3) is 0 Å². The zero-order valence-corrected chi connectivity index (χ0v) is 12.0. The van der Waals surface area contributed by atoms with Gasteiger partial charge >= 0.3 is 5.97 Å². The highest BCUT2D eigenvalue weighted by Crippen LogP contribution is 2.29. The van der Waals surface area contributed by atoms with Crippen molar-refractivity contribution in [1.82, 2.24) is 0 Å². The molecule has 0 amide bonds. The zero-order chi connectivity index (χ0) is 15.5. The van der Waals surface area contributed by atoms with Gasteiger partial charge in [-0.2, -0.15) is 0 Å². The number of sulfonamides is 1. The van der Waals surface area contributed by atoms with E-state index in [2.05, 4.69) is 4.74 Å². The Kier molecular flexibility index (Phi) is 4.25. The van der Waals surface area contributed by atoms with Crippen LogP contribution in [-0.2, 0) is 14.8 Å². The number of methoxy groups -OCH3 is 1. The molecular formula is C14H13NO5S. The van der Waals surface area contributed by atoms with E-state index in [-0.39, 0.29) is 16.2 Å². The van der Waals surface area contributed by atoms with Gasteiger partial charge in [0.05, 0.1) is 12.7 Å². The van der Waals surface area contributed by atoms with Gasteiger partial charge in [-0.1, -0.05) is 18.2 Å². The lowest BCUT2D eigenvalue weighted by atomic mass is 10.2. The fourth-order valence-corrected chi connectivity index (χ4v) is 2.36. The van der Waals surface area contributed by atoms with Gasteiger partial charge in [0.15, 0.2) is 0 Å². The first kappa shape index (κ1) is 15.0. The van der Waals surface area contributed by atoms with Crippen molar-refractivity contribution in [3.05, 3.63) is 54.1 Å². The smallest absolute Gasteiger partial charge is 0.337 e. The van der Waals surface area contributed by atoms with Gasteiger partial charge < -0.3 is 9.47 Å². The normalized spacial score (nSPS) is 11.0. The average Bonchev–Trinajstić information content (AvgIpc) is 2.47. The van der Waals surface area contributed by atoms with Crippen LogP contribution < -0.4 is 9.88 Å². The molecule has 2 rings (SSSR count). The Morgan fingerprint density at radius 2 is 1.76 bits per heavy atom. The number of nitrogens with two attached hydrogens (primary N) is 1. The van der Waals surface area contributed by atoms with Crippen LogP contribution in [0.4, 0.5) is 0 Å². The molecule has 0 bridgehead atoms. The molecular weight excluding hydrogens is 294 g/mol. The minimum atomic E-state index is -4.05.